The van der Waals surface area contributed by atoms with Gasteiger partial charge in [-0.25, -0.2) is 0 Å². The van der Waals surface area contributed by atoms with Crippen molar-refractivity contribution in [3.05, 3.63) is 59.0 Å². The number of fused-ring (bicyclic) bond motifs is 6. The summed E-state index contributed by atoms with van der Waals surface area (Å²) in [6.07, 6.45) is 34.8. The minimum absolute atomic E-state index is 0.150. The molecule has 0 spiro atoms. The zero-order chi connectivity index (χ0) is 47.2. The number of amides is 2. The van der Waals surface area contributed by atoms with Gasteiger partial charge in [-0.3, -0.25) is 14.5 Å². The Morgan fingerprint density at radius 3 is 1.54 bits per heavy atom. The van der Waals surface area contributed by atoms with Gasteiger partial charge >= 0.3 is 0 Å². The molecule has 1 aliphatic rings. The minimum Gasteiger partial charge on any atom is -0.493 e. The molecule has 0 fully saturated rings. The smallest absolute Gasteiger partial charge is 0.262 e. The maximum Gasteiger partial charge on any atom is 0.262 e. The summed E-state index contributed by atoms with van der Waals surface area (Å²) in [5, 5.41) is 6.77. The number of ether oxygens (including phenoxy) is 2. The number of thiophene rings is 2. The summed E-state index contributed by atoms with van der Waals surface area (Å²) >= 11 is 3.51. The average Bonchev–Trinajstić information content (AvgIpc) is 4.06. The number of nitrogens with zero attached hydrogens (tertiary/aromatic N) is 1. The van der Waals surface area contributed by atoms with Crippen LogP contribution < -0.4 is 9.47 Å². The summed E-state index contributed by atoms with van der Waals surface area (Å²) in [7, 11) is 0. The first-order chi connectivity index (χ1) is 32.9. The van der Waals surface area contributed by atoms with Crippen LogP contribution in [0.25, 0.3) is 41.4 Å². The Bertz CT molecular complexity index is 2230. The number of hydrogen-bond donors (Lipinski definition) is 0. The number of benzene rings is 3. The van der Waals surface area contributed by atoms with E-state index in [1.165, 1.54) is 176 Å². The van der Waals surface area contributed by atoms with Gasteiger partial charge in [0.1, 0.15) is 11.5 Å². The van der Waals surface area contributed by atoms with E-state index in [0.29, 0.717) is 42.7 Å². The molecule has 368 valence electrons. The third kappa shape index (κ3) is 14.8. The average molecular weight is 950 g/mol. The quantitative estimate of drug-likeness (QED) is 0.0296. The molecule has 0 saturated carbocycles. The maximum absolute atomic E-state index is 14.3. The van der Waals surface area contributed by atoms with Crippen molar-refractivity contribution in [2.75, 3.05) is 19.8 Å². The van der Waals surface area contributed by atoms with Crippen molar-refractivity contribution < 1.29 is 19.1 Å². The van der Waals surface area contributed by atoms with E-state index in [0.717, 1.165) is 62.1 Å². The third-order valence-corrected chi connectivity index (χ3v) is 16.7. The molecule has 6 rings (SSSR count). The first-order valence-corrected chi connectivity index (χ1v) is 29.3. The molecule has 0 bridgehead atoms. The number of hydrogen-bond acceptors (Lipinski definition) is 6. The van der Waals surface area contributed by atoms with Gasteiger partial charge in [0.15, 0.2) is 0 Å². The standard InChI is InChI=1S/C60H87NO4S2/c1-6-11-16-19-20-21-22-23-24-25-26-29-38-61-59(62)50-36-30-35-49(54(50)60(61)63)53-42-48-41-52(65-44-46(32-15-10-5)34-28-18-13-8-3)55-56(58(48)67-53)51(40-47-37-39-66-57(47)55)64-43-45(31-14-9-4)33-27-17-12-7-2/h30,35-37,39-42,45-46H,6-29,31-34,38,43-44H2,1-5H3. The Morgan fingerprint density at radius 1 is 0.493 bits per heavy atom. The van der Waals surface area contributed by atoms with Crippen LogP contribution in [-0.4, -0.2) is 36.5 Å². The van der Waals surface area contributed by atoms with Crippen molar-refractivity contribution in [3.8, 4) is 21.9 Å². The molecule has 2 aromatic heterocycles. The summed E-state index contributed by atoms with van der Waals surface area (Å²) < 4.78 is 16.6. The van der Waals surface area contributed by atoms with Gasteiger partial charge in [-0.2, -0.15) is 0 Å². The maximum atomic E-state index is 14.3. The van der Waals surface area contributed by atoms with E-state index in [1.807, 2.05) is 18.2 Å². The zero-order valence-electron chi connectivity index (χ0n) is 42.6. The Morgan fingerprint density at radius 2 is 0.970 bits per heavy atom. The van der Waals surface area contributed by atoms with Gasteiger partial charge in [-0.05, 0) is 90.4 Å². The van der Waals surface area contributed by atoms with Gasteiger partial charge in [0.2, 0.25) is 0 Å². The molecule has 2 atom stereocenters. The molecule has 3 aromatic carbocycles. The van der Waals surface area contributed by atoms with Gasteiger partial charge in [0.25, 0.3) is 11.8 Å². The van der Waals surface area contributed by atoms with Gasteiger partial charge in [-0.15, -0.1) is 22.7 Å². The molecular weight excluding hydrogens is 863 g/mol. The number of imide groups is 1. The van der Waals surface area contributed by atoms with Crippen LogP contribution in [0.15, 0.2) is 47.8 Å². The summed E-state index contributed by atoms with van der Waals surface area (Å²) in [4.78, 5) is 30.8. The summed E-state index contributed by atoms with van der Waals surface area (Å²) in [5.74, 6) is 2.59. The highest BCUT2D eigenvalue weighted by atomic mass is 32.1. The predicted octanol–water partition coefficient (Wildman–Crippen LogP) is 19.5. The summed E-state index contributed by atoms with van der Waals surface area (Å²) in [6, 6.07) is 14.9. The number of rotatable bonds is 36. The van der Waals surface area contributed by atoms with Crippen LogP contribution in [0.5, 0.6) is 11.5 Å². The normalized spacial score (nSPS) is 13.7. The van der Waals surface area contributed by atoms with E-state index in [1.54, 1.807) is 22.7 Å². The molecule has 0 radical (unpaired) electrons. The Hall–Kier alpha value is -3.42. The Labute approximate surface area is 414 Å². The minimum atomic E-state index is -0.150. The fraction of sp³-hybridized carbons (Fsp3) is 0.633. The predicted molar refractivity (Wildman–Crippen MR) is 291 cm³/mol. The summed E-state index contributed by atoms with van der Waals surface area (Å²) in [6.45, 7) is 13.3. The van der Waals surface area contributed by atoms with Crippen LogP contribution in [-0.2, 0) is 0 Å². The van der Waals surface area contributed by atoms with Crippen molar-refractivity contribution in [1.29, 1.82) is 0 Å². The monoisotopic (exact) mass is 950 g/mol. The van der Waals surface area contributed by atoms with Crippen molar-refractivity contribution in [1.82, 2.24) is 4.90 Å². The fourth-order valence-corrected chi connectivity index (χ4v) is 12.6. The van der Waals surface area contributed by atoms with E-state index in [2.05, 4.69) is 64.3 Å². The van der Waals surface area contributed by atoms with Crippen LogP contribution >= 0.6 is 22.7 Å². The molecule has 1 aliphatic heterocycles. The van der Waals surface area contributed by atoms with Crippen LogP contribution in [0.1, 0.15) is 235 Å². The first kappa shape index (κ1) is 52.9. The number of carbonyl (C=O) groups excluding carboxylic acids is 2. The van der Waals surface area contributed by atoms with E-state index >= 15 is 0 Å². The van der Waals surface area contributed by atoms with Crippen molar-refractivity contribution in [3.63, 3.8) is 0 Å². The summed E-state index contributed by atoms with van der Waals surface area (Å²) in [5.41, 5.74) is 1.94. The van der Waals surface area contributed by atoms with Crippen LogP contribution in [0.3, 0.4) is 0 Å². The molecule has 5 aromatic rings. The van der Waals surface area contributed by atoms with Gasteiger partial charge in [-0.1, -0.05) is 194 Å². The second kappa shape index (κ2) is 28.9. The van der Waals surface area contributed by atoms with Crippen molar-refractivity contribution in [2.24, 2.45) is 11.8 Å². The first-order valence-electron chi connectivity index (χ1n) is 27.6. The lowest BCUT2D eigenvalue weighted by Crippen LogP contribution is -2.30. The van der Waals surface area contributed by atoms with Crippen molar-refractivity contribution >= 4 is 65.4 Å². The molecule has 67 heavy (non-hydrogen) atoms. The SMILES string of the molecule is CCCCCCCCCCCCCCN1C(=O)c2cccc(-c3cc4cc(OCC(CCCC)CCCCCC)c5c6sccc6cc(OCC(CCCC)CCCCCC)c5c4s3)c2C1=O. The molecule has 0 saturated heterocycles. The highest BCUT2D eigenvalue weighted by Gasteiger charge is 2.37. The van der Waals surface area contributed by atoms with Gasteiger partial charge in [0.05, 0.1) is 24.3 Å². The highest BCUT2D eigenvalue weighted by Crippen LogP contribution is 2.50. The second-order valence-electron chi connectivity index (χ2n) is 20.1. The lowest BCUT2D eigenvalue weighted by Gasteiger charge is -2.21. The lowest BCUT2D eigenvalue weighted by atomic mass is 9.95. The zero-order valence-corrected chi connectivity index (χ0v) is 44.2. The van der Waals surface area contributed by atoms with Crippen LogP contribution in [0, 0.1) is 11.8 Å². The molecule has 7 heteroatoms. The van der Waals surface area contributed by atoms with Gasteiger partial charge in [0, 0.05) is 37.2 Å². The Kier molecular flexibility index (Phi) is 22.9. The van der Waals surface area contributed by atoms with E-state index in [4.69, 9.17) is 9.47 Å². The second-order valence-corrected chi connectivity index (χ2v) is 22.1. The topological polar surface area (TPSA) is 55.8 Å². The molecule has 3 heterocycles. The van der Waals surface area contributed by atoms with Crippen LogP contribution in [0.4, 0.5) is 0 Å². The fourth-order valence-electron chi connectivity index (χ4n) is 10.4. The third-order valence-electron chi connectivity index (χ3n) is 14.5. The number of unbranched alkanes of at least 4 members (excludes halogenated alkanes) is 19. The number of carbonyl (C=O) groups is 2. The highest BCUT2D eigenvalue weighted by molar-refractivity contribution is 7.23. The van der Waals surface area contributed by atoms with Gasteiger partial charge < -0.3 is 9.47 Å². The molecule has 5 nitrogen and oxygen atoms in total. The lowest BCUT2D eigenvalue weighted by molar-refractivity contribution is 0.0651. The molecule has 0 N–H and O–H groups in total. The Balaban J connectivity index is 1.29. The molecular formula is C60H87NO4S2. The molecule has 2 amide bonds. The van der Waals surface area contributed by atoms with Crippen molar-refractivity contribution in [2.45, 2.75) is 214 Å². The molecule has 0 aliphatic carbocycles. The molecule has 2 unspecified atom stereocenters. The van der Waals surface area contributed by atoms with E-state index < -0.39 is 0 Å². The largest absolute Gasteiger partial charge is 0.493 e. The van der Waals surface area contributed by atoms with E-state index in [-0.39, 0.29) is 11.8 Å². The van der Waals surface area contributed by atoms with E-state index in [9.17, 15) is 9.59 Å². The van der Waals surface area contributed by atoms with Crippen LogP contribution in [0.2, 0.25) is 0 Å².